The van der Waals surface area contributed by atoms with Crippen molar-refractivity contribution in [2.75, 3.05) is 25.7 Å². The first-order valence-electron chi connectivity index (χ1n) is 6.03. The molecule has 1 amide bonds. The molecule has 100 valence electrons. The molecule has 1 rings (SSSR count). The van der Waals surface area contributed by atoms with E-state index in [1.807, 2.05) is 13.0 Å². The molecule has 0 aliphatic heterocycles. The van der Waals surface area contributed by atoms with Crippen LogP contribution in [-0.4, -0.2) is 26.2 Å². The van der Waals surface area contributed by atoms with E-state index in [2.05, 4.69) is 10.7 Å². The van der Waals surface area contributed by atoms with E-state index in [-0.39, 0.29) is 5.91 Å². The molecule has 0 unspecified atom stereocenters. The minimum Gasteiger partial charge on any atom is -0.385 e. The molecule has 0 aliphatic rings. The van der Waals surface area contributed by atoms with Crippen LogP contribution >= 0.6 is 0 Å². The van der Waals surface area contributed by atoms with Crippen molar-refractivity contribution in [3.05, 3.63) is 29.3 Å². The van der Waals surface area contributed by atoms with Crippen LogP contribution in [0.3, 0.4) is 0 Å². The lowest BCUT2D eigenvalue weighted by Gasteiger charge is -2.09. The highest BCUT2D eigenvalue weighted by atomic mass is 16.5. The number of benzene rings is 1. The van der Waals surface area contributed by atoms with Gasteiger partial charge in [0.25, 0.3) is 5.91 Å². The molecule has 18 heavy (non-hydrogen) atoms. The number of nitrogens with one attached hydrogen (secondary N) is 2. The van der Waals surface area contributed by atoms with Gasteiger partial charge < -0.3 is 15.5 Å². The molecule has 4 N–H and O–H groups in total. The van der Waals surface area contributed by atoms with Gasteiger partial charge in [0.1, 0.15) is 0 Å². The van der Waals surface area contributed by atoms with Gasteiger partial charge in [0.05, 0.1) is 0 Å². The number of carbonyl (C=O) groups is 1. The van der Waals surface area contributed by atoms with E-state index < -0.39 is 0 Å². The van der Waals surface area contributed by atoms with E-state index in [0.29, 0.717) is 12.1 Å². The molecular formula is C13H21N3O2. The first-order chi connectivity index (χ1) is 8.69. The van der Waals surface area contributed by atoms with Crippen LogP contribution in [-0.2, 0) is 4.74 Å². The molecule has 1 aromatic rings. The largest absolute Gasteiger partial charge is 0.385 e. The van der Waals surface area contributed by atoms with E-state index in [1.54, 1.807) is 19.2 Å². The predicted octanol–water partition coefficient (Wildman–Crippen LogP) is 1.44. The van der Waals surface area contributed by atoms with Gasteiger partial charge >= 0.3 is 0 Å². The Hall–Kier alpha value is -1.59. The van der Waals surface area contributed by atoms with E-state index in [1.165, 1.54) is 0 Å². The number of unbranched alkanes of at least 4 members (excludes halogenated alkanes) is 1. The third-order valence-electron chi connectivity index (χ3n) is 2.70. The summed E-state index contributed by atoms with van der Waals surface area (Å²) in [7, 11) is 1.68. The quantitative estimate of drug-likeness (QED) is 0.389. The summed E-state index contributed by atoms with van der Waals surface area (Å²) in [5.41, 5.74) is 4.93. The topological polar surface area (TPSA) is 76.4 Å². The van der Waals surface area contributed by atoms with E-state index >= 15 is 0 Å². The maximum atomic E-state index is 11.9. The average molecular weight is 251 g/mol. The number of hydrogen-bond acceptors (Lipinski definition) is 4. The minimum absolute atomic E-state index is 0.0477. The van der Waals surface area contributed by atoms with Crippen LogP contribution in [0.2, 0.25) is 0 Å². The van der Waals surface area contributed by atoms with Gasteiger partial charge in [-0.2, -0.15) is 0 Å². The summed E-state index contributed by atoms with van der Waals surface area (Å²) in [4.78, 5) is 11.9. The number of hydrogen-bond donors (Lipinski definition) is 3. The lowest BCUT2D eigenvalue weighted by Crippen LogP contribution is -2.25. The maximum absolute atomic E-state index is 11.9. The predicted molar refractivity (Wildman–Crippen MR) is 72.4 cm³/mol. The number of rotatable bonds is 7. The number of nitrogens with two attached hydrogens (primary N) is 1. The summed E-state index contributed by atoms with van der Waals surface area (Å²) >= 11 is 0. The Kier molecular flexibility index (Phi) is 6.18. The fourth-order valence-corrected chi connectivity index (χ4v) is 1.68. The Morgan fingerprint density at radius 2 is 2.17 bits per heavy atom. The van der Waals surface area contributed by atoms with Crippen molar-refractivity contribution >= 4 is 11.6 Å². The highest BCUT2D eigenvalue weighted by molar-refractivity contribution is 5.96. The smallest absolute Gasteiger partial charge is 0.251 e. The van der Waals surface area contributed by atoms with Crippen LogP contribution < -0.4 is 16.6 Å². The molecule has 0 saturated carbocycles. The average Bonchev–Trinajstić information content (AvgIpc) is 2.38. The molecule has 0 aliphatic carbocycles. The number of amides is 1. The molecule has 0 fully saturated rings. The lowest BCUT2D eigenvalue weighted by molar-refractivity contribution is 0.0951. The molecule has 1 aromatic carbocycles. The monoisotopic (exact) mass is 251 g/mol. The summed E-state index contributed by atoms with van der Waals surface area (Å²) < 4.78 is 4.95. The summed E-state index contributed by atoms with van der Waals surface area (Å²) in [5, 5.41) is 2.89. The van der Waals surface area contributed by atoms with Crippen molar-refractivity contribution in [3.63, 3.8) is 0 Å². The van der Waals surface area contributed by atoms with Crippen molar-refractivity contribution < 1.29 is 9.53 Å². The molecule has 5 nitrogen and oxygen atoms in total. The van der Waals surface area contributed by atoms with Crippen LogP contribution in [0.15, 0.2) is 18.2 Å². The highest BCUT2D eigenvalue weighted by Crippen LogP contribution is 2.14. The highest BCUT2D eigenvalue weighted by Gasteiger charge is 2.08. The number of carbonyl (C=O) groups excluding carboxylic acids is 1. The molecule has 0 aromatic heterocycles. The SMILES string of the molecule is COCCCCNC(=O)c1ccc(NN)cc1C. The van der Waals surface area contributed by atoms with E-state index in [4.69, 9.17) is 10.6 Å². The maximum Gasteiger partial charge on any atom is 0.251 e. The number of hydrazine groups is 1. The van der Waals surface area contributed by atoms with Gasteiger partial charge in [-0.1, -0.05) is 0 Å². The van der Waals surface area contributed by atoms with Crippen LogP contribution in [0.5, 0.6) is 0 Å². The molecule has 0 spiro atoms. The van der Waals surface area contributed by atoms with Crippen molar-refractivity contribution in [1.29, 1.82) is 0 Å². The van der Waals surface area contributed by atoms with Crippen LogP contribution in [0.1, 0.15) is 28.8 Å². The van der Waals surface area contributed by atoms with Gasteiger partial charge in [-0.05, 0) is 43.5 Å². The number of aryl methyl sites for hydroxylation is 1. The molecule has 0 radical (unpaired) electrons. The number of methoxy groups -OCH3 is 1. The summed E-state index contributed by atoms with van der Waals surface area (Å²) in [6.45, 7) is 3.28. The van der Waals surface area contributed by atoms with Crippen molar-refractivity contribution in [1.82, 2.24) is 5.32 Å². The molecule has 5 heteroatoms. The Morgan fingerprint density at radius 3 is 2.78 bits per heavy atom. The molecular weight excluding hydrogens is 230 g/mol. The second kappa shape index (κ2) is 7.68. The number of nitrogen functional groups attached to an aromatic ring is 1. The number of ether oxygens (including phenoxy) is 1. The first-order valence-corrected chi connectivity index (χ1v) is 6.03. The van der Waals surface area contributed by atoms with Crippen LogP contribution in [0.4, 0.5) is 5.69 Å². The fourth-order valence-electron chi connectivity index (χ4n) is 1.68. The van der Waals surface area contributed by atoms with Gasteiger partial charge in [0.2, 0.25) is 0 Å². The first kappa shape index (κ1) is 14.5. The Bertz CT molecular complexity index is 394. The van der Waals surface area contributed by atoms with E-state index in [0.717, 1.165) is 30.7 Å². The molecule has 0 bridgehead atoms. The lowest BCUT2D eigenvalue weighted by atomic mass is 10.1. The standard InChI is InChI=1S/C13H21N3O2/c1-10-9-11(16-14)5-6-12(10)13(17)15-7-3-4-8-18-2/h5-6,9,16H,3-4,7-8,14H2,1-2H3,(H,15,17). The molecule has 0 heterocycles. The van der Waals surface area contributed by atoms with Crippen molar-refractivity contribution in [2.24, 2.45) is 5.84 Å². The second-order valence-electron chi connectivity index (χ2n) is 4.13. The van der Waals surface area contributed by atoms with Gasteiger partial charge in [-0.3, -0.25) is 10.6 Å². The zero-order valence-corrected chi connectivity index (χ0v) is 11.0. The summed E-state index contributed by atoms with van der Waals surface area (Å²) in [6, 6.07) is 5.40. The van der Waals surface area contributed by atoms with Gasteiger partial charge in [0.15, 0.2) is 0 Å². The van der Waals surface area contributed by atoms with Crippen LogP contribution in [0, 0.1) is 6.92 Å². The third kappa shape index (κ3) is 4.35. The molecule has 0 atom stereocenters. The van der Waals surface area contributed by atoms with Crippen molar-refractivity contribution in [3.8, 4) is 0 Å². The fraction of sp³-hybridized carbons (Fsp3) is 0.462. The van der Waals surface area contributed by atoms with Gasteiger partial charge in [0, 0.05) is 31.5 Å². The Balaban J connectivity index is 2.46. The second-order valence-corrected chi connectivity index (χ2v) is 4.13. The van der Waals surface area contributed by atoms with Gasteiger partial charge in [-0.15, -0.1) is 0 Å². The zero-order valence-electron chi connectivity index (χ0n) is 11.0. The molecule has 0 saturated heterocycles. The summed E-state index contributed by atoms with van der Waals surface area (Å²) in [5.74, 6) is 5.26. The van der Waals surface area contributed by atoms with Gasteiger partial charge in [-0.25, -0.2) is 0 Å². The Morgan fingerprint density at radius 1 is 1.39 bits per heavy atom. The van der Waals surface area contributed by atoms with Crippen LogP contribution in [0.25, 0.3) is 0 Å². The number of anilines is 1. The van der Waals surface area contributed by atoms with E-state index in [9.17, 15) is 4.79 Å². The zero-order chi connectivity index (χ0) is 13.4. The third-order valence-corrected chi connectivity index (χ3v) is 2.70. The van der Waals surface area contributed by atoms with Crippen molar-refractivity contribution in [2.45, 2.75) is 19.8 Å². The Labute approximate surface area is 108 Å². The summed E-state index contributed by atoms with van der Waals surface area (Å²) in [6.07, 6.45) is 1.87. The minimum atomic E-state index is -0.0477. The normalized spacial score (nSPS) is 10.2.